The molecule has 0 unspecified atom stereocenters. The largest absolute Gasteiger partial charge is 0.459 e. The number of hydrogen-bond donors (Lipinski definition) is 7. The molecule has 0 bridgehead atoms. The van der Waals surface area contributed by atoms with Crippen LogP contribution in [-0.2, 0) is 38.0 Å². The van der Waals surface area contributed by atoms with Crippen molar-refractivity contribution >= 4 is 24.3 Å². The Morgan fingerprint density at radius 3 is 2.32 bits per heavy atom. The van der Waals surface area contributed by atoms with Gasteiger partial charge in [0.2, 0.25) is 0 Å². The average Bonchev–Trinajstić information content (AvgIpc) is 3.82. The standard InChI is InChI=1S/C53H91FN8O12/c1-15-42-53(10,67)47(64)36(7)61(12)27-31(2)23-52(9,66)48(34(5)45(35(6)49(65)72-42)73-43-25-51(8,69-14)24-33(4)70-43)74-50-44(63)40(22-32(3)71-50)60(11)21-20-39-28-62(59-58-39)41(26-54)46(68-13)37-16-18-38(19-17-37)57-30-56-29-55/h16-19,28-36,40-48,50,58-59,63-64,66-67H,15,20-27H2,1-14H3,(H2,55,56,57)/t31-,32-,33+,34+,35-,36-,40+,41-,42-,43+,44-,45+,46-,47-,48-,50+,51+,52-,53-/m1/s1. The topological polar surface area (TPSA) is 247 Å². The number of rotatable bonds is 17. The molecule has 3 fully saturated rings. The lowest BCUT2D eigenvalue weighted by Crippen LogP contribution is -2.60. The molecule has 0 aromatic heterocycles. The molecule has 4 aliphatic heterocycles. The van der Waals surface area contributed by atoms with Crippen molar-refractivity contribution < 1.29 is 62.8 Å². The first-order chi connectivity index (χ1) is 34.8. The number of nitrogens with one attached hydrogen (secondary N) is 2. The quantitative estimate of drug-likeness (QED) is 0.0656. The summed E-state index contributed by atoms with van der Waals surface area (Å²) >= 11 is 0. The molecule has 74 heavy (non-hydrogen) atoms. The van der Waals surface area contributed by atoms with Crippen LogP contribution in [0.25, 0.3) is 0 Å². The summed E-state index contributed by atoms with van der Waals surface area (Å²) in [5.41, 5.74) is 9.71. The molecule has 0 spiro atoms. The zero-order valence-electron chi connectivity index (χ0n) is 46.4. The smallest absolute Gasteiger partial charge is 0.311 e. The molecule has 422 valence electrons. The fraction of sp³-hybridized carbons (Fsp3) is 0.792. The summed E-state index contributed by atoms with van der Waals surface area (Å²) in [6, 6.07) is 5.49. The van der Waals surface area contributed by atoms with Crippen LogP contribution in [0, 0.1) is 17.8 Å². The molecule has 0 amide bonds. The number of methoxy groups -OCH3 is 2. The number of nitrogens with zero attached hydrogens (tertiary/aromatic N) is 5. The van der Waals surface area contributed by atoms with Gasteiger partial charge in [-0.1, -0.05) is 32.9 Å². The molecule has 20 nitrogen and oxygen atoms in total. The van der Waals surface area contributed by atoms with E-state index in [4.69, 9.17) is 38.9 Å². The van der Waals surface area contributed by atoms with Crippen LogP contribution in [0.5, 0.6) is 0 Å². The van der Waals surface area contributed by atoms with Gasteiger partial charge in [0.05, 0.1) is 53.6 Å². The van der Waals surface area contributed by atoms with Gasteiger partial charge in [0, 0.05) is 76.5 Å². The Kier molecular flexibility index (Phi) is 22.2. The Morgan fingerprint density at radius 2 is 1.70 bits per heavy atom. The van der Waals surface area contributed by atoms with Gasteiger partial charge >= 0.3 is 5.97 Å². The van der Waals surface area contributed by atoms with Crippen molar-refractivity contribution in [1.29, 1.82) is 0 Å². The van der Waals surface area contributed by atoms with Crippen LogP contribution in [0.15, 0.2) is 46.1 Å². The molecule has 0 aliphatic carbocycles. The van der Waals surface area contributed by atoms with Crippen LogP contribution in [0.2, 0.25) is 0 Å². The molecule has 19 atom stereocenters. The number of alkyl halides is 1. The lowest BCUT2D eigenvalue weighted by atomic mass is 9.77. The van der Waals surface area contributed by atoms with Crippen molar-refractivity contribution in [3.05, 3.63) is 41.7 Å². The van der Waals surface area contributed by atoms with Crippen LogP contribution in [0.3, 0.4) is 0 Å². The fourth-order valence-corrected chi connectivity index (χ4v) is 11.6. The van der Waals surface area contributed by atoms with Gasteiger partial charge in [-0.2, -0.15) is 0 Å². The number of esters is 1. The SMILES string of the molecule is CC[C@H]1OC(=O)[C@H](C)[C@@H](O[C@H]2C[C@@](C)(OC)C[C@H](C)O2)[C@H](C)[C@@H](O[C@@H]2O[C@H](C)C[C@H](N(C)CCC3=CN([C@H](CF)[C@H](OC)c4ccc(N=CN=CN)cc4)NN3)[C@H]2O)[C@](C)(O)C[C@@H](C)CN(C)[C@H](C)[C@@H](O)[C@]1(C)O. The number of hydrogen-bond acceptors (Lipinski definition) is 18. The number of cyclic esters (lactones) is 1. The molecular formula is C53H91FN8O12. The molecule has 0 radical (unpaired) electrons. The summed E-state index contributed by atoms with van der Waals surface area (Å²) < 4.78 is 59.4. The van der Waals surface area contributed by atoms with E-state index in [2.05, 4.69) is 20.9 Å². The van der Waals surface area contributed by atoms with E-state index in [0.29, 0.717) is 44.5 Å². The number of halogens is 1. The molecule has 0 saturated carbocycles. The third-order valence-electron chi connectivity index (χ3n) is 15.9. The molecular weight excluding hydrogens is 960 g/mol. The molecule has 1 aromatic carbocycles. The van der Waals surface area contributed by atoms with Crippen molar-refractivity contribution in [2.24, 2.45) is 33.5 Å². The number of aliphatic hydroxyl groups excluding tert-OH is 2. The van der Waals surface area contributed by atoms with Crippen molar-refractivity contribution in [1.82, 2.24) is 25.8 Å². The van der Waals surface area contributed by atoms with Gasteiger partial charge in [0.25, 0.3) is 0 Å². The summed E-state index contributed by atoms with van der Waals surface area (Å²) in [6.45, 7) is 18.3. The third kappa shape index (κ3) is 15.2. The highest BCUT2D eigenvalue weighted by Gasteiger charge is 2.52. The maximum atomic E-state index is 14.8. The van der Waals surface area contributed by atoms with E-state index in [0.717, 1.165) is 17.6 Å². The number of carbonyl (C=O) groups is 1. The maximum absolute atomic E-state index is 14.8. The molecule has 4 aliphatic rings. The summed E-state index contributed by atoms with van der Waals surface area (Å²) in [6.07, 6.45) is -2.34. The first-order valence-corrected chi connectivity index (χ1v) is 26.4. The molecule has 3 saturated heterocycles. The van der Waals surface area contributed by atoms with Gasteiger partial charge in [-0.3, -0.25) is 9.80 Å². The first kappa shape index (κ1) is 61.4. The van der Waals surface area contributed by atoms with Crippen molar-refractivity contribution in [2.45, 2.75) is 204 Å². The Labute approximate surface area is 439 Å². The number of likely N-dealkylation sites (N-methyl/N-ethyl adjacent to an activating group) is 2. The van der Waals surface area contributed by atoms with E-state index in [-0.39, 0.29) is 31.0 Å². The van der Waals surface area contributed by atoms with Crippen molar-refractivity contribution in [3.63, 3.8) is 0 Å². The van der Waals surface area contributed by atoms with Gasteiger partial charge < -0.3 is 74.5 Å². The molecule has 21 heteroatoms. The number of ether oxygens (including phenoxy) is 7. The lowest BCUT2D eigenvalue weighted by Gasteiger charge is -2.48. The van der Waals surface area contributed by atoms with Crippen molar-refractivity contribution in [3.8, 4) is 0 Å². The monoisotopic (exact) mass is 1050 g/mol. The maximum Gasteiger partial charge on any atom is 0.311 e. The van der Waals surface area contributed by atoms with E-state index in [1.807, 2.05) is 76.8 Å². The van der Waals surface area contributed by atoms with Crippen LogP contribution in [0.4, 0.5) is 10.1 Å². The summed E-state index contributed by atoms with van der Waals surface area (Å²) in [5.74, 6) is -2.65. The van der Waals surface area contributed by atoms with Gasteiger partial charge in [0.15, 0.2) is 12.6 Å². The third-order valence-corrected chi connectivity index (χ3v) is 15.9. The molecule has 8 N–H and O–H groups in total. The van der Waals surface area contributed by atoms with Gasteiger partial charge in [-0.15, -0.1) is 5.53 Å². The number of carbonyl (C=O) groups excluding carboxylic acids is 1. The second-order valence-electron chi connectivity index (χ2n) is 22.2. The summed E-state index contributed by atoms with van der Waals surface area (Å²) in [7, 11) is 6.94. The highest BCUT2D eigenvalue weighted by atomic mass is 19.1. The van der Waals surface area contributed by atoms with E-state index < -0.39 is 109 Å². The van der Waals surface area contributed by atoms with Gasteiger partial charge in [-0.05, 0) is 105 Å². The molecule has 1 aromatic rings. The Hall–Kier alpha value is -3.42. The minimum atomic E-state index is -1.82. The lowest BCUT2D eigenvalue weighted by molar-refractivity contribution is -0.310. The van der Waals surface area contributed by atoms with Crippen LogP contribution in [-0.4, -0.2) is 192 Å². The average molecular weight is 1050 g/mol. The summed E-state index contributed by atoms with van der Waals surface area (Å²) in [5, 5.41) is 50.4. The molecule has 4 heterocycles. The minimum absolute atomic E-state index is 0.187. The van der Waals surface area contributed by atoms with Crippen LogP contribution >= 0.6 is 0 Å². The van der Waals surface area contributed by atoms with E-state index in [9.17, 15) is 29.6 Å². The summed E-state index contributed by atoms with van der Waals surface area (Å²) in [4.78, 5) is 26.5. The zero-order valence-corrected chi connectivity index (χ0v) is 46.4. The minimum Gasteiger partial charge on any atom is -0.459 e. The Morgan fingerprint density at radius 1 is 1.01 bits per heavy atom. The second-order valence-corrected chi connectivity index (χ2v) is 22.2. The van der Waals surface area contributed by atoms with E-state index >= 15 is 0 Å². The highest BCUT2D eigenvalue weighted by molar-refractivity contribution is 5.73. The van der Waals surface area contributed by atoms with Crippen LogP contribution in [0.1, 0.15) is 119 Å². The Balaban J connectivity index is 1.41. The number of aliphatic imine (C=N–C) groups is 2. The van der Waals surface area contributed by atoms with Crippen molar-refractivity contribution in [2.75, 3.05) is 48.1 Å². The Bertz CT molecular complexity index is 2000. The fourth-order valence-electron chi connectivity index (χ4n) is 11.6. The van der Waals surface area contributed by atoms with E-state index in [1.165, 1.54) is 20.4 Å². The number of aliphatic hydroxyl groups is 4. The number of nitrogens with two attached hydrogens (primary N) is 1. The highest BCUT2D eigenvalue weighted by Crippen LogP contribution is 2.40. The normalized spacial score (nSPS) is 39.4. The predicted molar refractivity (Wildman–Crippen MR) is 279 cm³/mol. The zero-order chi connectivity index (χ0) is 54.9. The second kappa shape index (κ2) is 26.8. The van der Waals surface area contributed by atoms with E-state index in [1.54, 1.807) is 51.9 Å². The van der Waals surface area contributed by atoms with Gasteiger partial charge in [-0.25, -0.2) is 14.4 Å². The van der Waals surface area contributed by atoms with Gasteiger partial charge in [0.1, 0.15) is 49.1 Å². The number of benzene rings is 1. The first-order valence-electron chi connectivity index (χ1n) is 26.4. The predicted octanol–water partition coefficient (Wildman–Crippen LogP) is 4.23. The van der Waals surface area contributed by atoms with Crippen LogP contribution < -0.4 is 16.7 Å². The molecule has 5 rings (SSSR count). The number of hydrazine groups is 2.